The highest BCUT2D eigenvalue weighted by Gasteiger charge is 2.45. The van der Waals surface area contributed by atoms with Gasteiger partial charge in [-0.3, -0.25) is 4.98 Å². The van der Waals surface area contributed by atoms with Crippen molar-refractivity contribution < 1.29 is 4.79 Å². The van der Waals surface area contributed by atoms with Crippen LogP contribution in [0.25, 0.3) is 0 Å². The first-order valence-electron chi connectivity index (χ1n) is 6.89. The van der Waals surface area contributed by atoms with Crippen LogP contribution in [-0.2, 0) is 12.1 Å². The van der Waals surface area contributed by atoms with Crippen LogP contribution in [-0.4, -0.2) is 11.0 Å². The van der Waals surface area contributed by atoms with Gasteiger partial charge in [0.2, 0.25) is 0 Å². The number of carbonyl (C=O) groups is 1. The van der Waals surface area contributed by atoms with E-state index >= 15 is 0 Å². The number of benzene rings is 1. The number of nitrogens with one attached hydrogen (secondary N) is 2. The van der Waals surface area contributed by atoms with Crippen LogP contribution in [0.5, 0.6) is 0 Å². The largest absolute Gasteiger partial charge is 0.334 e. The second-order valence-electron chi connectivity index (χ2n) is 5.26. The predicted molar refractivity (Wildman–Crippen MR) is 84.7 cm³/mol. The molecule has 0 saturated heterocycles. The Morgan fingerprint density at radius 3 is 2.67 bits per heavy atom. The second-order valence-corrected chi connectivity index (χ2v) is 6.17. The fourth-order valence-corrected chi connectivity index (χ4v) is 2.74. The number of pyridine rings is 1. The Hall–Kier alpha value is -1.88. The van der Waals surface area contributed by atoms with Crippen molar-refractivity contribution in [2.75, 3.05) is 0 Å². The molecule has 2 aromatic rings. The molecular formula is C16H16BrN3O. The van der Waals surface area contributed by atoms with Crippen LogP contribution < -0.4 is 10.6 Å². The van der Waals surface area contributed by atoms with Crippen molar-refractivity contribution in [3.63, 3.8) is 0 Å². The lowest BCUT2D eigenvalue weighted by atomic mass is 10.1. The molecule has 3 rings (SSSR count). The lowest BCUT2D eigenvalue weighted by molar-refractivity contribution is 0.235. The van der Waals surface area contributed by atoms with Crippen LogP contribution in [0.3, 0.4) is 0 Å². The zero-order valence-corrected chi connectivity index (χ0v) is 13.1. The Bertz CT molecular complexity index is 641. The summed E-state index contributed by atoms with van der Waals surface area (Å²) in [6.07, 6.45) is 5.40. The molecule has 2 amide bonds. The summed E-state index contributed by atoms with van der Waals surface area (Å²) in [5.41, 5.74) is 1.98. The molecule has 1 saturated carbocycles. The summed E-state index contributed by atoms with van der Waals surface area (Å²) >= 11 is 3.48. The van der Waals surface area contributed by atoms with E-state index in [4.69, 9.17) is 0 Å². The number of rotatable bonds is 4. The molecule has 21 heavy (non-hydrogen) atoms. The number of aromatic nitrogens is 1. The van der Waals surface area contributed by atoms with Gasteiger partial charge in [0.15, 0.2) is 0 Å². The van der Waals surface area contributed by atoms with Crippen LogP contribution in [0.2, 0.25) is 0 Å². The maximum atomic E-state index is 12.1. The summed E-state index contributed by atoms with van der Waals surface area (Å²) in [6, 6.07) is 11.8. The molecule has 2 N–H and O–H groups in total. The Kier molecular flexibility index (Phi) is 3.92. The number of nitrogens with zero attached hydrogens (tertiary/aromatic N) is 1. The first-order chi connectivity index (χ1) is 10.2. The van der Waals surface area contributed by atoms with Crippen molar-refractivity contribution in [3.8, 4) is 0 Å². The van der Waals surface area contributed by atoms with Gasteiger partial charge in [-0.05, 0) is 48.2 Å². The summed E-state index contributed by atoms with van der Waals surface area (Å²) in [5.74, 6) is 0. The number of hydrogen-bond donors (Lipinski definition) is 2. The molecule has 0 bridgehead atoms. The van der Waals surface area contributed by atoms with E-state index in [1.807, 2.05) is 24.3 Å². The van der Waals surface area contributed by atoms with Crippen molar-refractivity contribution >= 4 is 22.0 Å². The zero-order chi connectivity index (χ0) is 14.7. The van der Waals surface area contributed by atoms with Gasteiger partial charge in [0, 0.05) is 23.4 Å². The summed E-state index contributed by atoms with van der Waals surface area (Å²) in [4.78, 5) is 16.0. The average Bonchev–Trinajstić information content (AvgIpc) is 3.27. The molecule has 1 aliphatic carbocycles. The van der Waals surface area contributed by atoms with Gasteiger partial charge >= 0.3 is 6.03 Å². The number of carbonyl (C=O) groups excluding carboxylic acids is 1. The number of amides is 2. The van der Waals surface area contributed by atoms with Crippen LogP contribution >= 0.6 is 15.9 Å². The molecule has 1 aliphatic rings. The van der Waals surface area contributed by atoms with Gasteiger partial charge < -0.3 is 10.6 Å². The zero-order valence-electron chi connectivity index (χ0n) is 11.5. The third-order valence-corrected chi connectivity index (χ3v) is 4.18. The third-order valence-electron chi connectivity index (χ3n) is 3.68. The Balaban J connectivity index is 1.60. The van der Waals surface area contributed by atoms with Gasteiger partial charge in [-0.1, -0.05) is 28.1 Å². The van der Waals surface area contributed by atoms with E-state index < -0.39 is 0 Å². The van der Waals surface area contributed by atoms with Gasteiger partial charge in [-0.15, -0.1) is 0 Å². The van der Waals surface area contributed by atoms with Crippen LogP contribution in [0, 0.1) is 0 Å². The monoisotopic (exact) mass is 345 g/mol. The highest BCUT2D eigenvalue weighted by atomic mass is 79.9. The Labute approximate surface area is 132 Å². The fourth-order valence-electron chi connectivity index (χ4n) is 2.34. The Morgan fingerprint density at radius 2 is 2.00 bits per heavy atom. The van der Waals surface area contributed by atoms with E-state index in [-0.39, 0.29) is 11.6 Å². The molecule has 0 spiro atoms. The molecular weight excluding hydrogens is 330 g/mol. The maximum Gasteiger partial charge on any atom is 0.315 e. The standard InChI is InChI=1S/C16H16BrN3O/c17-14-3-1-2-13(10-14)16(6-7-16)20-15(21)19-11-12-4-8-18-9-5-12/h1-5,8-10H,6-7,11H2,(H2,19,20,21). The van der Waals surface area contributed by atoms with E-state index in [0.717, 1.165) is 28.4 Å². The number of halogens is 1. The minimum absolute atomic E-state index is 0.135. The summed E-state index contributed by atoms with van der Waals surface area (Å²) < 4.78 is 1.03. The lowest BCUT2D eigenvalue weighted by Crippen LogP contribution is -2.41. The quantitative estimate of drug-likeness (QED) is 0.892. The first kappa shape index (κ1) is 14.1. The highest BCUT2D eigenvalue weighted by molar-refractivity contribution is 9.10. The molecule has 1 aromatic heterocycles. The van der Waals surface area contributed by atoms with Gasteiger partial charge in [0.1, 0.15) is 0 Å². The highest BCUT2D eigenvalue weighted by Crippen LogP contribution is 2.45. The first-order valence-corrected chi connectivity index (χ1v) is 7.68. The van der Waals surface area contributed by atoms with Crippen LogP contribution in [0.4, 0.5) is 4.79 Å². The van der Waals surface area contributed by atoms with E-state index in [1.54, 1.807) is 12.4 Å². The molecule has 108 valence electrons. The van der Waals surface area contributed by atoms with E-state index in [0.29, 0.717) is 6.54 Å². The predicted octanol–water partition coefficient (Wildman–Crippen LogP) is 3.33. The van der Waals surface area contributed by atoms with Crippen molar-refractivity contribution in [3.05, 3.63) is 64.4 Å². The molecule has 4 nitrogen and oxygen atoms in total. The van der Waals surface area contributed by atoms with Gasteiger partial charge in [0.05, 0.1) is 5.54 Å². The topological polar surface area (TPSA) is 54.0 Å². The molecule has 1 fully saturated rings. The summed E-state index contributed by atoms with van der Waals surface area (Å²) in [5, 5.41) is 5.98. The SMILES string of the molecule is O=C(NCc1ccncc1)NC1(c2cccc(Br)c2)CC1. The van der Waals surface area contributed by atoms with Gasteiger partial charge in [0.25, 0.3) is 0 Å². The number of urea groups is 1. The third kappa shape index (κ3) is 3.42. The molecule has 1 aromatic carbocycles. The molecule has 0 aliphatic heterocycles. The molecule has 0 unspecified atom stereocenters. The minimum Gasteiger partial charge on any atom is -0.334 e. The van der Waals surface area contributed by atoms with E-state index in [1.165, 1.54) is 0 Å². The molecule has 1 heterocycles. The van der Waals surface area contributed by atoms with Crippen LogP contribution in [0.15, 0.2) is 53.3 Å². The summed E-state index contributed by atoms with van der Waals surface area (Å²) in [6.45, 7) is 0.503. The van der Waals surface area contributed by atoms with Crippen LogP contribution in [0.1, 0.15) is 24.0 Å². The average molecular weight is 346 g/mol. The van der Waals surface area contributed by atoms with Gasteiger partial charge in [-0.25, -0.2) is 4.79 Å². The van der Waals surface area contributed by atoms with Gasteiger partial charge in [-0.2, -0.15) is 0 Å². The smallest absolute Gasteiger partial charge is 0.315 e. The Morgan fingerprint density at radius 1 is 1.24 bits per heavy atom. The molecule has 0 radical (unpaired) electrons. The molecule has 5 heteroatoms. The lowest BCUT2D eigenvalue weighted by Gasteiger charge is -2.18. The summed E-state index contributed by atoms with van der Waals surface area (Å²) in [7, 11) is 0. The second kappa shape index (κ2) is 5.85. The number of hydrogen-bond acceptors (Lipinski definition) is 2. The van der Waals surface area contributed by atoms with E-state index in [2.05, 4.69) is 43.7 Å². The van der Waals surface area contributed by atoms with Crippen molar-refractivity contribution in [1.29, 1.82) is 0 Å². The van der Waals surface area contributed by atoms with Crippen molar-refractivity contribution in [2.24, 2.45) is 0 Å². The molecule has 0 atom stereocenters. The fraction of sp³-hybridized carbons (Fsp3) is 0.250. The minimum atomic E-state index is -0.202. The normalized spacial score (nSPS) is 15.3. The maximum absolute atomic E-state index is 12.1. The van der Waals surface area contributed by atoms with Crippen molar-refractivity contribution in [1.82, 2.24) is 15.6 Å². The van der Waals surface area contributed by atoms with E-state index in [9.17, 15) is 4.79 Å². The van der Waals surface area contributed by atoms with Crippen molar-refractivity contribution in [2.45, 2.75) is 24.9 Å².